The lowest BCUT2D eigenvalue weighted by Gasteiger charge is -2.35. The molecule has 2 fully saturated rings. The van der Waals surface area contributed by atoms with Crippen LogP contribution in [0.2, 0.25) is 0 Å². The SMILES string of the molecule is COC(=O)c1cc(S(N)(=O)=O)ccc1N1CCCC2(CC2)C1. The third kappa shape index (κ3) is 2.83. The van der Waals surface area contributed by atoms with Crippen molar-refractivity contribution in [1.29, 1.82) is 0 Å². The number of piperidine rings is 1. The number of ether oxygens (including phenoxy) is 1. The largest absolute Gasteiger partial charge is 0.465 e. The Morgan fingerprint density at radius 3 is 2.64 bits per heavy atom. The molecule has 0 radical (unpaired) electrons. The van der Waals surface area contributed by atoms with Crippen molar-refractivity contribution in [2.45, 2.75) is 30.6 Å². The van der Waals surface area contributed by atoms with E-state index in [4.69, 9.17) is 9.88 Å². The summed E-state index contributed by atoms with van der Waals surface area (Å²) in [5, 5.41) is 5.16. The molecule has 7 heteroatoms. The highest BCUT2D eigenvalue weighted by Crippen LogP contribution is 2.52. The number of nitrogens with two attached hydrogens (primary N) is 1. The highest BCUT2D eigenvalue weighted by atomic mass is 32.2. The third-order valence-corrected chi connectivity index (χ3v) is 5.57. The number of hydrogen-bond donors (Lipinski definition) is 1. The summed E-state index contributed by atoms with van der Waals surface area (Å²) in [6.07, 6.45) is 4.77. The second-order valence-electron chi connectivity index (χ2n) is 6.24. The lowest BCUT2D eigenvalue weighted by Crippen LogP contribution is -2.37. The van der Waals surface area contributed by atoms with E-state index in [2.05, 4.69) is 4.90 Å². The predicted molar refractivity (Wildman–Crippen MR) is 82.3 cm³/mol. The Balaban J connectivity index is 2.00. The van der Waals surface area contributed by atoms with E-state index in [9.17, 15) is 13.2 Å². The van der Waals surface area contributed by atoms with E-state index >= 15 is 0 Å². The summed E-state index contributed by atoms with van der Waals surface area (Å²) in [5.74, 6) is -0.545. The first-order chi connectivity index (χ1) is 10.3. The molecule has 1 aliphatic heterocycles. The fourth-order valence-corrected chi connectivity index (χ4v) is 3.78. The van der Waals surface area contributed by atoms with Gasteiger partial charge in [0.25, 0.3) is 0 Å². The van der Waals surface area contributed by atoms with Gasteiger partial charge < -0.3 is 9.64 Å². The van der Waals surface area contributed by atoms with Crippen LogP contribution in [-0.2, 0) is 14.8 Å². The maximum atomic E-state index is 12.0. The lowest BCUT2D eigenvalue weighted by atomic mass is 9.94. The fraction of sp³-hybridized carbons (Fsp3) is 0.533. The molecule has 0 unspecified atom stereocenters. The highest BCUT2D eigenvalue weighted by Gasteiger charge is 2.45. The molecule has 0 aromatic heterocycles. The molecular weight excluding hydrogens is 304 g/mol. The normalized spacial score (nSPS) is 20.0. The second-order valence-corrected chi connectivity index (χ2v) is 7.80. The van der Waals surface area contributed by atoms with Gasteiger partial charge in [-0.3, -0.25) is 0 Å². The Morgan fingerprint density at radius 2 is 2.05 bits per heavy atom. The summed E-state index contributed by atoms with van der Waals surface area (Å²) in [5.41, 5.74) is 1.38. The molecule has 0 amide bonds. The number of carbonyl (C=O) groups is 1. The lowest BCUT2D eigenvalue weighted by molar-refractivity contribution is 0.0601. The number of carbonyl (C=O) groups excluding carboxylic acids is 1. The van der Waals surface area contributed by atoms with Crippen LogP contribution in [0, 0.1) is 5.41 Å². The molecule has 1 heterocycles. The smallest absolute Gasteiger partial charge is 0.340 e. The Labute approximate surface area is 130 Å². The van der Waals surface area contributed by atoms with Crippen LogP contribution in [0.4, 0.5) is 5.69 Å². The Hall–Kier alpha value is -1.60. The van der Waals surface area contributed by atoms with Gasteiger partial charge in [-0.05, 0) is 49.3 Å². The molecule has 22 heavy (non-hydrogen) atoms. The first kappa shape index (κ1) is 15.3. The van der Waals surface area contributed by atoms with Crippen molar-refractivity contribution in [3.63, 3.8) is 0 Å². The van der Waals surface area contributed by atoms with Gasteiger partial charge in [-0.1, -0.05) is 0 Å². The molecule has 2 aliphatic rings. The molecule has 1 spiro atoms. The van der Waals surface area contributed by atoms with Gasteiger partial charge >= 0.3 is 5.97 Å². The third-order valence-electron chi connectivity index (χ3n) is 4.66. The van der Waals surface area contributed by atoms with E-state index in [-0.39, 0.29) is 10.5 Å². The second kappa shape index (κ2) is 5.24. The number of hydrogen-bond acceptors (Lipinski definition) is 5. The van der Waals surface area contributed by atoms with Crippen molar-refractivity contribution in [2.75, 3.05) is 25.1 Å². The van der Waals surface area contributed by atoms with Gasteiger partial charge in [0, 0.05) is 13.1 Å². The minimum atomic E-state index is -3.85. The van der Waals surface area contributed by atoms with Gasteiger partial charge in [0.1, 0.15) is 0 Å². The van der Waals surface area contributed by atoms with Crippen LogP contribution < -0.4 is 10.0 Å². The first-order valence-corrected chi connectivity index (χ1v) is 8.89. The molecule has 0 bridgehead atoms. The van der Waals surface area contributed by atoms with E-state index in [1.54, 1.807) is 6.07 Å². The number of methoxy groups -OCH3 is 1. The van der Waals surface area contributed by atoms with Gasteiger partial charge in [0.2, 0.25) is 10.0 Å². The van der Waals surface area contributed by atoms with Gasteiger partial charge in [0.15, 0.2) is 0 Å². The molecule has 0 atom stereocenters. The summed E-state index contributed by atoms with van der Waals surface area (Å²) >= 11 is 0. The van der Waals surface area contributed by atoms with E-state index in [0.717, 1.165) is 25.2 Å². The van der Waals surface area contributed by atoms with Crippen molar-refractivity contribution in [2.24, 2.45) is 10.6 Å². The van der Waals surface area contributed by atoms with E-state index < -0.39 is 16.0 Å². The van der Waals surface area contributed by atoms with Crippen LogP contribution in [0.25, 0.3) is 0 Å². The van der Waals surface area contributed by atoms with Crippen molar-refractivity contribution in [3.05, 3.63) is 23.8 Å². The standard InChI is InChI=1S/C15H20N2O4S/c1-21-14(18)12-9-11(22(16,19)20)3-4-13(12)17-8-2-5-15(10-17)6-7-15/h3-4,9H,2,5-8,10H2,1H3,(H2,16,19,20). The number of esters is 1. The number of anilines is 1. The molecule has 1 aromatic carbocycles. The molecule has 1 saturated heterocycles. The predicted octanol–water partition coefficient (Wildman–Crippen LogP) is 1.50. The number of rotatable bonds is 3. The monoisotopic (exact) mass is 324 g/mol. The summed E-state index contributed by atoms with van der Waals surface area (Å²) in [6, 6.07) is 4.42. The number of nitrogens with zero attached hydrogens (tertiary/aromatic N) is 1. The Morgan fingerprint density at radius 1 is 1.32 bits per heavy atom. The van der Waals surface area contributed by atoms with Crippen LogP contribution in [0.15, 0.2) is 23.1 Å². The van der Waals surface area contributed by atoms with Crippen LogP contribution in [0.3, 0.4) is 0 Å². The van der Waals surface area contributed by atoms with Crippen LogP contribution in [-0.4, -0.2) is 34.6 Å². The van der Waals surface area contributed by atoms with Crippen molar-refractivity contribution >= 4 is 21.7 Å². The Kier molecular flexibility index (Phi) is 3.65. The summed E-state index contributed by atoms with van der Waals surface area (Å²) in [7, 11) is -2.57. The zero-order valence-electron chi connectivity index (χ0n) is 12.5. The molecule has 120 valence electrons. The van der Waals surface area contributed by atoms with Crippen LogP contribution in [0.1, 0.15) is 36.0 Å². The highest BCUT2D eigenvalue weighted by molar-refractivity contribution is 7.89. The molecule has 3 rings (SSSR count). The topological polar surface area (TPSA) is 89.7 Å². The zero-order valence-corrected chi connectivity index (χ0v) is 13.4. The minimum absolute atomic E-state index is 0.0743. The summed E-state index contributed by atoms with van der Waals surface area (Å²) in [6.45, 7) is 1.77. The molecule has 6 nitrogen and oxygen atoms in total. The molecular formula is C15H20N2O4S. The average molecular weight is 324 g/mol. The van der Waals surface area contributed by atoms with Gasteiger partial charge in [-0.15, -0.1) is 0 Å². The number of benzene rings is 1. The maximum absolute atomic E-state index is 12.0. The average Bonchev–Trinajstić information content (AvgIpc) is 3.23. The molecule has 1 saturated carbocycles. The Bertz CT molecular complexity index is 710. The van der Waals surface area contributed by atoms with Crippen molar-refractivity contribution < 1.29 is 17.9 Å². The minimum Gasteiger partial charge on any atom is -0.465 e. The molecule has 1 aromatic rings. The van der Waals surface area contributed by atoms with Crippen LogP contribution in [0.5, 0.6) is 0 Å². The van der Waals surface area contributed by atoms with Gasteiger partial charge in [-0.25, -0.2) is 18.4 Å². The van der Waals surface area contributed by atoms with Gasteiger partial charge in [-0.2, -0.15) is 0 Å². The maximum Gasteiger partial charge on any atom is 0.340 e. The fourth-order valence-electron chi connectivity index (χ4n) is 3.24. The van der Waals surface area contributed by atoms with E-state index in [1.165, 1.54) is 38.5 Å². The molecule has 1 aliphatic carbocycles. The first-order valence-electron chi connectivity index (χ1n) is 7.35. The quantitative estimate of drug-likeness (QED) is 0.851. The van der Waals surface area contributed by atoms with E-state index in [1.807, 2.05) is 0 Å². The van der Waals surface area contributed by atoms with E-state index in [0.29, 0.717) is 5.41 Å². The van der Waals surface area contributed by atoms with Crippen molar-refractivity contribution in [3.8, 4) is 0 Å². The summed E-state index contributed by atoms with van der Waals surface area (Å²) < 4.78 is 27.8. The zero-order chi connectivity index (χ0) is 16.0. The number of sulfonamides is 1. The number of primary sulfonamides is 1. The summed E-state index contributed by atoms with van der Waals surface area (Å²) in [4.78, 5) is 14.1. The van der Waals surface area contributed by atoms with Crippen molar-refractivity contribution in [1.82, 2.24) is 0 Å². The molecule has 2 N–H and O–H groups in total. The van der Waals surface area contributed by atoms with Gasteiger partial charge in [0.05, 0.1) is 23.3 Å². The van der Waals surface area contributed by atoms with Crippen LogP contribution >= 0.6 is 0 Å².